The first-order valence-corrected chi connectivity index (χ1v) is 6.58. The molecule has 0 radical (unpaired) electrons. The highest BCUT2D eigenvalue weighted by atomic mass is 19.1. The van der Waals surface area contributed by atoms with Crippen LogP contribution in [-0.2, 0) is 16.6 Å². The van der Waals surface area contributed by atoms with Crippen molar-refractivity contribution in [3.8, 4) is 5.75 Å². The minimum atomic E-state index is -1.08. The van der Waals surface area contributed by atoms with Gasteiger partial charge < -0.3 is 9.84 Å². The van der Waals surface area contributed by atoms with Crippen LogP contribution < -0.4 is 4.74 Å². The molecule has 0 aromatic heterocycles. The Balaban J connectivity index is 2.34. The number of rotatable bonds is 5. The van der Waals surface area contributed by atoms with Gasteiger partial charge in [-0.2, -0.15) is 0 Å². The van der Waals surface area contributed by atoms with Gasteiger partial charge in [-0.15, -0.1) is 0 Å². The van der Waals surface area contributed by atoms with Gasteiger partial charge in [0.1, 0.15) is 11.6 Å². The molecular weight excluding hydrogens is 271 g/mol. The van der Waals surface area contributed by atoms with Gasteiger partial charge in [-0.05, 0) is 48.7 Å². The van der Waals surface area contributed by atoms with Crippen LogP contribution in [0.3, 0.4) is 0 Å². The summed E-state index contributed by atoms with van der Waals surface area (Å²) in [5.41, 5.74) is 0.377. The maximum Gasteiger partial charge on any atom is 0.314 e. The van der Waals surface area contributed by atoms with E-state index in [1.165, 1.54) is 12.1 Å². The van der Waals surface area contributed by atoms with Crippen LogP contribution in [0.15, 0.2) is 48.5 Å². The van der Waals surface area contributed by atoms with Crippen LogP contribution in [0.4, 0.5) is 4.39 Å². The Morgan fingerprint density at radius 2 is 1.71 bits per heavy atom. The third-order valence-corrected chi connectivity index (χ3v) is 3.67. The fourth-order valence-corrected chi connectivity index (χ4v) is 2.27. The van der Waals surface area contributed by atoms with Crippen molar-refractivity contribution in [3.63, 3.8) is 0 Å². The molecule has 2 aromatic rings. The third-order valence-electron chi connectivity index (χ3n) is 3.67. The van der Waals surface area contributed by atoms with Crippen molar-refractivity contribution in [2.45, 2.75) is 18.8 Å². The van der Waals surface area contributed by atoms with E-state index in [-0.39, 0.29) is 12.2 Å². The van der Waals surface area contributed by atoms with E-state index in [1.54, 1.807) is 50.4 Å². The average Bonchev–Trinajstić information content (AvgIpc) is 2.49. The maximum atomic E-state index is 13.0. The molecule has 0 amide bonds. The van der Waals surface area contributed by atoms with Gasteiger partial charge in [-0.1, -0.05) is 24.3 Å². The summed E-state index contributed by atoms with van der Waals surface area (Å²) in [4.78, 5) is 11.7. The summed E-state index contributed by atoms with van der Waals surface area (Å²) in [6.45, 7) is 1.67. The van der Waals surface area contributed by atoms with E-state index in [0.717, 1.165) is 5.56 Å². The highest BCUT2D eigenvalue weighted by molar-refractivity contribution is 5.81. The Kier molecular flexibility index (Phi) is 4.26. The van der Waals surface area contributed by atoms with E-state index in [4.69, 9.17) is 4.74 Å². The van der Waals surface area contributed by atoms with E-state index in [9.17, 15) is 14.3 Å². The van der Waals surface area contributed by atoms with Crippen molar-refractivity contribution in [3.05, 3.63) is 65.5 Å². The van der Waals surface area contributed by atoms with Crippen molar-refractivity contribution < 1.29 is 19.0 Å². The number of carboxylic acids is 1. The zero-order valence-corrected chi connectivity index (χ0v) is 12.0. The molecule has 0 spiro atoms. The summed E-state index contributed by atoms with van der Waals surface area (Å²) in [6, 6.07) is 12.9. The van der Waals surface area contributed by atoms with Crippen LogP contribution in [0.5, 0.6) is 5.75 Å². The molecule has 4 heteroatoms. The van der Waals surface area contributed by atoms with Crippen LogP contribution in [0, 0.1) is 5.82 Å². The molecule has 1 N–H and O–H groups in total. The largest absolute Gasteiger partial charge is 0.497 e. The Morgan fingerprint density at radius 3 is 2.19 bits per heavy atom. The van der Waals surface area contributed by atoms with E-state index in [0.29, 0.717) is 11.3 Å². The lowest BCUT2D eigenvalue weighted by Crippen LogP contribution is -2.34. The molecule has 0 aliphatic carbocycles. The topological polar surface area (TPSA) is 46.5 Å². The first-order valence-electron chi connectivity index (χ1n) is 6.58. The Labute approximate surface area is 123 Å². The van der Waals surface area contributed by atoms with Gasteiger partial charge in [0.05, 0.1) is 12.5 Å². The van der Waals surface area contributed by atoms with Gasteiger partial charge >= 0.3 is 5.97 Å². The number of aliphatic carboxylic acids is 1. The molecule has 1 atom stereocenters. The summed E-state index contributed by atoms with van der Waals surface area (Å²) >= 11 is 0. The molecule has 1 unspecified atom stereocenters. The van der Waals surface area contributed by atoms with Crippen molar-refractivity contribution in [2.24, 2.45) is 0 Å². The van der Waals surface area contributed by atoms with Gasteiger partial charge in [0.25, 0.3) is 0 Å². The molecule has 0 heterocycles. The fraction of sp³-hybridized carbons (Fsp3) is 0.235. The van der Waals surface area contributed by atoms with E-state index in [2.05, 4.69) is 0 Å². The highest BCUT2D eigenvalue weighted by Crippen LogP contribution is 2.30. The van der Waals surface area contributed by atoms with Gasteiger partial charge in [-0.3, -0.25) is 4.79 Å². The van der Waals surface area contributed by atoms with Crippen LogP contribution >= 0.6 is 0 Å². The molecule has 0 bridgehead atoms. The van der Waals surface area contributed by atoms with Crippen LogP contribution in [0.1, 0.15) is 18.1 Å². The second kappa shape index (κ2) is 5.95. The normalized spacial score (nSPS) is 13.5. The highest BCUT2D eigenvalue weighted by Gasteiger charge is 2.35. The Bertz CT molecular complexity index is 619. The Morgan fingerprint density at radius 1 is 1.14 bits per heavy atom. The number of ether oxygens (including phenoxy) is 1. The first kappa shape index (κ1) is 15.0. The zero-order chi connectivity index (χ0) is 15.5. The number of carboxylic acid groups (broad SMARTS) is 1. The number of hydrogen-bond donors (Lipinski definition) is 1. The number of carbonyl (C=O) groups is 1. The van der Waals surface area contributed by atoms with Crippen LogP contribution in [0.25, 0.3) is 0 Å². The van der Waals surface area contributed by atoms with Gasteiger partial charge in [-0.25, -0.2) is 4.39 Å². The number of methoxy groups -OCH3 is 1. The van der Waals surface area contributed by atoms with E-state index >= 15 is 0 Å². The second-order valence-electron chi connectivity index (χ2n) is 5.17. The molecule has 0 saturated heterocycles. The molecule has 0 fully saturated rings. The van der Waals surface area contributed by atoms with Gasteiger partial charge in [0.15, 0.2) is 0 Å². The first-order chi connectivity index (χ1) is 9.95. The summed E-state index contributed by atoms with van der Waals surface area (Å²) < 4.78 is 18.0. The minimum Gasteiger partial charge on any atom is -0.497 e. The zero-order valence-electron chi connectivity index (χ0n) is 12.0. The quantitative estimate of drug-likeness (QED) is 0.917. The predicted octanol–water partition coefficient (Wildman–Crippen LogP) is 3.42. The van der Waals surface area contributed by atoms with Crippen molar-refractivity contribution in [1.29, 1.82) is 0 Å². The second-order valence-corrected chi connectivity index (χ2v) is 5.17. The third kappa shape index (κ3) is 3.21. The van der Waals surface area contributed by atoms with Gasteiger partial charge in [0.2, 0.25) is 0 Å². The lowest BCUT2D eigenvalue weighted by atomic mass is 9.77. The molecule has 110 valence electrons. The lowest BCUT2D eigenvalue weighted by Gasteiger charge is -2.25. The summed E-state index contributed by atoms with van der Waals surface area (Å²) in [5.74, 6) is -0.578. The van der Waals surface area contributed by atoms with Crippen molar-refractivity contribution in [2.75, 3.05) is 7.11 Å². The smallest absolute Gasteiger partial charge is 0.314 e. The van der Waals surface area contributed by atoms with Crippen LogP contribution in [0.2, 0.25) is 0 Å². The van der Waals surface area contributed by atoms with E-state index < -0.39 is 11.4 Å². The molecule has 21 heavy (non-hydrogen) atoms. The molecule has 3 nitrogen and oxygen atoms in total. The predicted molar refractivity (Wildman–Crippen MR) is 78.1 cm³/mol. The average molecular weight is 288 g/mol. The molecule has 2 rings (SSSR count). The number of hydrogen-bond acceptors (Lipinski definition) is 2. The number of benzene rings is 2. The molecule has 0 aliphatic heterocycles. The molecular formula is C17H17FO3. The number of halogens is 1. The summed E-state index contributed by atoms with van der Waals surface area (Å²) in [7, 11) is 1.56. The van der Waals surface area contributed by atoms with Crippen LogP contribution in [-0.4, -0.2) is 18.2 Å². The van der Waals surface area contributed by atoms with E-state index in [1.807, 2.05) is 0 Å². The van der Waals surface area contributed by atoms with Gasteiger partial charge in [0, 0.05) is 0 Å². The Hall–Kier alpha value is -2.36. The molecule has 2 aromatic carbocycles. The monoisotopic (exact) mass is 288 g/mol. The molecule has 0 aliphatic rings. The molecule has 0 saturated carbocycles. The maximum absolute atomic E-state index is 13.0. The standard InChI is InChI=1S/C17H17FO3/c1-17(16(19)20,11-12-3-7-14(18)8-4-12)13-5-9-15(21-2)10-6-13/h3-10H,11H2,1-2H3,(H,19,20). The lowest BCUT2D eigenvalue weighted by molar-refractivity contribution is -0.143. The van der Waals surface area contributed by atoms with Crippen molar-refractivity contribution >= 4 is 5.97 Å². The summed E-state index contributed by atoms with van der Waals surface area (Å²) in [5, 5.41) is 9.62. The SMILES string of the molecule is COc1ccc(C(C)(Cc2ccc(F)cc2)C(=O)O)cc1. The fourth-order valence-electron chi connectivity index (χ4n) is 2.27. The summed E-state index contributed by atoms with van der Waals surface area (Å²) in [6.07, 6.45) is 0.287. The van der Waals surface area contributed by atoms with Crippen molar-refractivity contribution in [1.82, 2.24) is 0 Å². The minimum absolute atomic E-state index is 0.287.